The van der Waals surface area contributed by atoms with Crippen LogP contribution in [0.15, 0.2) is 112 Å². The predicted molar refractivity (Wildman–Crippen MR) is 176 cm³/mol. The molecule has 6 rings (SSSR count). The smallest absolute Gasteiger partial charge is 0.338 e. The lowest BCUT2D eigenvalue weighted by Gasteiger charge is -2.26. The van der Waals surface area contributed by atoms with Crippen molar-refractivity contribution in [3.05, 3.63) is 155 Å². The van der Waals surface area contributed by atoms with Gasteiger partial charge in [-0.3, -0.25) is 9.36 Å². The first-order valence-electron chi connectivity index (χ1n) is 14.5. The van der Waals surface area contributed by atoms with E-state index < -0.39 is 12.0 Å². The van der Waals surface area contributed by atoms with E-state index in [0.717, 1.165) is 5.56 Å². The molecular weight excluding hydrogens is 627 g/mol. The van der Waals surface area contributed by atoms with Crippen LogP contribution in [0.5, 0.6) is 11.5 Å². The van der Waals surface area contributed by atoms with Crippen molar-refractivity contribution in [3.8, 4) is 11.5 Å². The van der Waals surface area contributed by atoms with Gasteiger partial charge in [0, 0.05) is 16.1 Å². The molecule has 4 aromatic carbocycles. The van der Waals surface area contributed by atoms with Gasteiger partial charge in [0.2, 0.25) is 0 Å². The number of aromatic nitrogens is 1. The van der Waals surface area contributed by atoms with Crippen LogP contribution in [0, 0.1) is 5.82 Å². The number of thiazole rings is 1. The van der Waals surface area contributed by atoms with Gasteiger partial charge in [0.05, 0.1) is 35.6 Å². The Bertz CT molecular complexity index is 2110. The number of hydrogen-bond donors (Lipinski definition) is 0. The van der Waals surface area contributed by atoms with Gasteiger partial charge >= 0.3 is 5.97 Å². The van der Waals surface area contributed by atoms with Crippen molar-refractivity contribution in [2.24, 2.45) is 4.99 Å². The van der Waals surface area contributed by atoms with Crippen LogP contribution in [0.25, 0.3) is 11.8 Å². The van der Waals surface area contributed by atoms with E-state index in [-0.39, 0.29) is 30.2 Å². The molecule has 0 saturated carbocycles. The van der Waals surface area contributed by atoms with Gasteiger partial charge in [-0.05, 0) is 66.6 Å². The molecular formula is C36H28ClFN2O5S. The number of halogens is 2. The molecule has 0 amide bonds. The highest BCUT2D eigenvalue weighted by molar-refractivity contribution is 7.07. The molecule has 7 nitrogen and oxygen atoms in total. The van der Waals surface area contributed by atoms with E-state index in [2.05, 4.69) is 0 Å². The van der Waals surface area contributed by atoms with E-state index in [0.29, 0.717) is 48.2 Å². The molecule has 1 aromatic heterocycles. The number of rotatable bonds is 9. The fourth-order valence-electron chi connectivity index (χ4n) is 5.19. The van der Waals surface area contributed by atoms with Crippen LogP contribution in [-0.2, 0) is 16.1 Å². The molecule has 0 N–H and O–H groups in total. The number of carbonyl (C=O) groups excluding carboxylic acids is 1. The van der Waals surface area contributed by atoms with E-state index >= 15 is 0 Å². The molecule has 10 heteroatoms. The zero-order valence-corrected chi connectivity index (χ0v) is 26.5. The summed E-state index contributed by atoms with van der Waals surface area (Å²) in [5, 5.41) is 0.459. The Morgan fingerprint density at radius 3 is 2.46 bits per heavy atom. The van der Waals surface area contributed by atoms with Crippen molar-refractivity contribution in [3.63, 3.8) is 0 Å². The molecule has 1 atom stereocenters. The van der Waals surface area contributed by atoms with Gasteiger partial charge in [-0.15, -0.1) is 0 Å². The maximum atomic E-state index is 14.3. The first-order valence-corrected chi connectivity index (χ1v) is 15.6. The average Bonchev–Trinajstić information content (AvgIpc) is 3.39. The molecule has 0 fully saturated rings. The van der Waals surface area contributed by atoms with Crippen LogP contribution in [0.1, 0.15) is 35.2 Å². The van der Waals surface area contributed by atoms with Gasteiger partial charge in [-0.1, -0.05) is 77.5 Å². The summed E-state index contributed by atoms with van der Waals surface area (Å²) < 4.78 is 32.3. The van der Waals surface area contributed by atoms with Crippen molar-refractivity contribution in [2.45, 2.75) is 19.6 Å². The second-order valence-corrected chi connectivity index (χ2v) is 11.7. The zero-order valence-electron chi connectivity index (χ0n) is 24.9. The van der Waals surface area contributed by atoms with Crippen molar-refractivity contribution in [1.29, 1.82) is 0 Å². The molecule has 0 saturated heterocycles. The molecule has 0 aliphatic carbocycles. The van der Waals surface area contributed by atoms with Gasteiger partial charge in [0.1, 0.15) is 23.9 Å². The largest absolute Gasteiger partial charge is 0.497 e. The molecule has 2 heterocycles. The predicted octanol–water partition coefficient (Wildman–Crippen LogP) is 6.32. The highest BCUT2D eigenvalue weighted by Crippen LogP contribution is 2.36. The Hall–Kier alpha value is -4.99. The van der Waals surface area contributed by atoms with E-state index in [9.17, 15) is 14.0 Å². The summed E-state index contributed by atoms with van der Waals surface area (Å²) in [5.41, 5.74) is 3.10. The number of carbonyl (C=O) groups is 1. The van der Waals surface area contributed by atoms with Crippen molar-refractivity contribution < 1.29 is 23.4 Å². The van der Waals surface area contributed by atoms with E-state index in [1.54, 1.807) is 62.6 Å². The minimum Gasteiger partial charge on any atom is -0.497 e. The number of nitrogens with zero attached hydrogens (tertiary/aromatic N) is 2. The van der Waals surface area contributed by atoms with Crippen molar-refractivity contribution in [2.75, 3.05) is 13.7 Å². The average molecular weight is 655 g/mol. The number of methoxy groups -OCH3 is 1. The topological polar surface area (TPSA) is 79.1 Å². The Kier molecular flexibility index (Phi) is 9.14. The zero-order chi connectivity index (χ0) is 32.2. The standard InChI is InChI=1S/C36H28ClFN2O5S/c1-3-44-35(42)31-32(23-7-5-4-6-8-23)39-36-40(33(31)24-11-16-28(43-2)17-12-24)34(41)30(46-36)20-25-19-26(37)13-18-29(25)45-21-22-9-14-27(38)15-10-22/h4-20,33H,3,21H2,1-2H3/b30-20-/t33-/m1/s1. The maximum Gasteiger partial charge on any atom is 0.338 e. The third kappa shape index (κ3) is 6.38. The first-order chi connectivity index (χ1) is 22.4. The summed E-state index contributed by atoms with van der Waals surface area (Å²) in [6, 6.07) is 26.9. The van der Waals surface area contributed by atoms with E-state index in [1.165, 1.54) is 28.0 Å². The SMILES string of the molecule is CCOC(=O)C1=C(c2ccccc2)N=c2s/c(=C\c3cc(Cl)ccc3OCc3ccc(F)cc3)c(=O)n2[C@@H]1c1ccc(OC)cc1. The van der Waals surface area contributed by atoms with Crippen LogP contribution in [0.2, 0.25) is 5.02 Å². The van der Waals surface area contributed by atoms with Gasteiger partial charge in [-0.2, -0.15) is 0 Å². The Morgan fingerprint density at radius 1 is 1.02 bits per heavy atom. The lowest BCUT2D eigenvalue weighted by Crippen LogP contribution is -2.40. The molecule has 0 unspecified atom stereocenters. The summed E-state index contributed by atoms with van der Waals surface area (Å²) >= 11 is 7.57. The number of esters is 1. The van der Waals surface area contributed by atoms with E-state index in [4.69, 9.17) is 30.8 Å². The lowest BCUT2D eigenvalue weighted by molar-refractivity contribution is -0.138. The highest BCUT2D eigenvalue weighted by atomic mass is 35.5. The fourth-order valence-corrected chi connectivity index (χ4v) is 6.36. The van der Waals surface area contributed by atoms with Gasteiger partial charge in [-0.25, -0.2) is 14.2 Å². The molecule has 5 aromatic rings. The van der Waals surface area contributed by atoms with Crippen LogP contribution in [0.4, 0.5) is 4.39 Å². The van der Waals surface area contributed by atoms with Crippen LogP contribution < -0.4 is 24.4 Å². The van der Waals surface area contributed by atoms with Crippen molar-refractivity contribution >= 4 is 40.7 Å². The summed E-state index contributed by atoms with van der Waals surface area (Å²) in [6.07, 6.45) is 1.71. The number of hydrogen-bond acceptors (Lipinski definition) is 7. The number of fused-ring (bicyclic) bond motifs is 1. The second kappa shape index (κ2) is 13.6. The fraction of sp³-hybridized carbons (Fsp3) is 0.139. The number of benzene rings is 4. The normalized spacial score (nSPS) is 14.4. The third-order valence-electron chi connectivity index (χ3n) is 7.37. The molecule has 46 heavy (non-hydrogen) atoms. The third-order valence-corrected chi connectivity index (χ3v) is 8.59. The molecule has 1 aliphatic rings. The minimum absolute atomic E-state index is 0.152. The Morgan fingerprint density at radius 2 is 1.76 bits per heavy atom. The van der Waals surface area contributed by atoms with Crippen molar-refractivity contribution in [1.82, 2.24) is 4.57 Å². The monoisotopic (exact) mass is 654 g/mol. The van der Waals surface area contributed by atoms with Gasteiger partial charge < -0.3 is 14.2 Å². The first kappa shape index (κ1) is 31.0. The highest BCUT2D eigenvalue weighted by Gasteiger charge is 2.35. The summed E-state index contributed by atoms with van der Waals surface area (Å²) in [6.45, 7) is 2.07. The molecule has 232 valence electrons. The molecule has 0 spiro atoms. The van der Waals surface area contributed by atoms with E-state index in [1.807, 2.05) is 42.5 Å². The Balaban J connectivity index is 1.53. The molecule has 0 radical (unpaired) electrons. The summed E-state index contributed by atoms with van der Waals surface area (Å²) in [7, 11) is 1.57. The van der Waals surface area contributed by atoms with Crippen LogP contribution in [0.3, 0.4) is 0 Å². The summed E-state index contributed by atoms with van der Waals surface area (Å²) in [4.78, 5) is 33.2. The second-order valence-electron chi connectivity index (χ2n) is 10.3. The lowest BCUT2D eigenvalue weighted by atomic mass is 9.93. The molecule has 1 aliphatic heterocycles. The minimum atomic E-state index is -0.827. The van der Waals surface area contributed by atoms with Crippen LogP contribution >= 0.6 is 22.9 Å². The maximum absolute atomic E-state index is 14.3. The quantitative estimate of drug-likeness (QED) is 0.174. The van der Waals surface area contributed by atoms with Gasteiger partial charge in [0.15, 0.2) is 4.80 Å². The van der Waals surface area contributed by atoms with Crippen LogP contribution in [-0.4, -0.2) is 24.3 Å². The van der Waals surface area contributed by atoms with Gasteiger partial charge in [0.25, 0.3) is 5.56 Å². The number of ether oxygens (including phenoxy) is 3. The molecule has 0 bridgehead atoms. The Labute approximate surface area is 273 Å². The summed E-state index contributed by atoms with van der Waals surface area (Å²) in [5.74, 6) is 0.228.